The smallest absolute Gasteiger partial charge is 0.257 e. The molecule has 144 valence electrons. The van der Waals surface area contributed by atoms with Crippen LogP contribution in [0, 0.1) is 0 Å². The van der Waals surface area contributed by atoms with Crippen LogP contribution in [0.25, 0.3) is 0 Å². The van der Waals surface area contributed by atoms with Crippen LogP contribution >= 0.6 is 11.6 Å². The Morgan fingerprint density at radius 3 is 2.78 bits per heavy atom. The van der Waals surface area contributed by atoms with Crippen molar-refractivity contribution in [2.24, 2.45) is 0 Å². The summed E-state index contributed by atoms with van der Waals surface area (Å²) in [6.07, 6.45) is -0.858. The number of aromatic nitrogens is 2. The normalized spacial score (nSPS) is 20.2. The van der Waals surface area contributed by atoms with Crippen molar-refractivity contribution in [3.63, 3.8) is 0 Å². The first-order chi connectivity index (χ1) is 12.8. The molecule has 1 aliphatic rings. The van der Waals surface area contributed by atoms with Gasteiger partial charge in [0.05, 0.1) is 11.7 Å². The molecule has 2 unspecified atom stereocenters. The number of hydrogen-bond acceptors (Lipinski definition) is 5. The van der Waals surface area contributed by atoms with Gasteiger partial charge in [-0.1, -0.05) is 23.7 Å². The molecule has 2 N–H and O–H groups in total. The van der Waals surface area contributed by atoms with Crippen molar-refractivity contribution in [3.05, 3.63) is 46.6 Å². The molecule has 0 saturated carbocycles. The Bertz CT molecular complexity index is 821. The van der Waals surface area contributed by atoms with E-state index in [9.17, 15) is 9.59 Å². The van der Waals surface area contributed by atoms with Gasteiger partial charge in [-0.15, -0.1) is 0 Å². The van der Waals surface area contributed by atoms with Crippen molar-refractivity contribution in [2.75, 3.05) is 33.1 Å². The van der Waals surface area contributed by atoms with Gasteiger partial charge in [0.1, 0.15) is 6.61 Å². The molecule has 2 aromatic rings. The van der Waals surface area contributed by atoms with E-state index in [0.29, 0.717) is 17.4 Å². The predicted octanol–water partition coefficient (Wildman–Crippen LogP) is 1.66. The highest BCUT2D eigenvalue weighted by atomic mass is 35.5. The van der Waals surface area contributed by atoms with Gasteiger partial charge in [0, 0.05) is 24.7 Å². The van der Waals surface area contributed by atoms with Crippen LogP contribution in [0.1, 0.15) is 17.3 Å². The maximum absolute atomic E-state index is 12.8. The second-order valence-corrected chi connectivity index (χ2v) is 7.17. The zero-order valence-corrected chi connectivity index (χ0v) is 16.2. The van der Waals surface area contributed by atoms with Crippen LogP contribution in [0.15, 0.2) is 30.3 Å². The number of aromatic amines is 1. The molecule has 0 radical (unpaired) electrons. The minimum atomic E-state index is -0.858. The zero-order chi connectivity index (χ0) is 19.6. The molecular formula is C18H22ClN5O3. The van der Waals surface area contributed by atoms with Crippen LogP contribution in [0.3, 0.4) is 0 Å². The average molecular weight is 392 g/mol. The van der Waals surface area contributed by atoms with Crippen LogP contribution in [-0.2, 0) is 20.9 Å². The van der Waals surface area contributed by atoms with Crippen LogP contribution in [0.4, 0.5) is 5.82 Å². The van der Waals surface area contributed by atoms with Crippen molar-refractivity contribution < 1.29 is 14.3 Å². The number of likely N-dealkylation sites (N-methyl/N-ethyl adjacent to an activating group) is 1. The third kappa shape index (κ3) is 4.47. The highest BCUT2D eigenvalue weighted by Gasteiger charge is 2.40. The van der Waals surface area contributed by atoms with Gasteiger partial charge in [-0.05, 0) is 31.8 Å². The first-order valence-corrected chi connectivity index (χ1v) is 8.85. The monoisotopic (exact) mass is 391 g/mol. The molecule has 1 fully saturated rings. The summed E-state index contributed by atoms with van der Waals surface area (Å²) >= 11 is 5.95. The summed E-state index contributed by atoms with van der Waals surface area (Å²) in [5, 5.41) is 10.3. The van der Waals surface area contributed by atoms with Crippen molar-refractivity contribution in [1.82, 2.24) is 20.0 Å². The van der Waals surface area contributed by atoms with E-state index < -0.39 is 12.1 Å². The number of morpholine rings is 1. The van der Waals surface area contributed by atoms with Gasteiger partial charge >= 0.3 is 0 Å². The van der Waals surface area contributed by atoms with Crippen LogP contribution < -0.4 is 5.32 Å². The summed E-state index contributed by atoms with van der Waals surface area (Å²) in [6, 6.07) is 8.24. The molecule has 2 atom stereocenters. The minimum Gasteiger partial charge on any atom is -0.356 e. The van der Waals surface area contributed by atoms with E-state index in [1.165, 1.54) is 4.90 Å². The Morgan fingerprint density at radius 1 is 1.41 bits per heavy atom. The fraction of sp³-hybridized carbons (Fsp3) is 0.389. The lowest BCUT2D eigenvalue weighted by molar-refractivity contribution is -0.160. The number of rotatable bonds is 5. The van der Waals surface area contributed by atoms with E-state index >= 15 is 0 Å². The number of anilines is 1. The molecule has 2 heterocycles. The van der Waals surface area contributed by atoms with Crippen LogP contribution in [0.2, 0.25) is 5.02 Å². The van der Waals surface area contributed by atoms with Gasteiger partial charge < -0.3 is 19.9 Å². The molecule has 2 amide bonds. The summed E-state index contributed by atoms with van der Waals surface area (Å²) in [4.78, 5) is 28.4. The first-order valence-electron chi connectivity index (χ1n) is 8.48. The molecule has 27 heavy (non-hydrogen) atoms. The van der Waals surface area contributed by atoms with Crippen LogP contribution in [0.5, 0.6) is 0 Å². The van der Waals surface area contributed by atoms with Crippen LogP contribution in [-0.4, -0.2) is 65.7 Å². The molecule has 0 spiro atoms. The highest BCUT2D eigenvalue weighted by Crippen LogP contribution is 2.30. The lowest BCUT2D eigenvalue weighted by Crippen LogP contribution is -2.51. The Kier molecular flexibility index (Phi) is 5.79. The summed E-state index contributed by atoms with van der Waals surface area (Å²) < 4.78 is 5.58. The summed E-state index contributed by atoms with van der Waals surface area (Å²) in [5.74, 6) is -0.140. The number of carbonyl (C=O) groups excluding carboxylic acids is 2. The number of nitrogens with one attached hydrogen (secondary N) is 2. The molecule has 0 aliphatic carbocycles. The van der Waals surface area contributed by atoms with E-state index in [1.54, 1.807) is 37.4 Å². The molecule has 8 nitrogen and oxygen atoms in total. The summed E-state index contributed by atoms with van der Waals surface area (Å²) in [6.45, 7) is 0.526. The molecule has 1 aromatic carbocycles. The highest BCUT2D eigenvalue weighted by molar-refractivity contribution is 6.30. The third-order valence-corrected chi connectivity index (χ3v) is 4.57. The molecule has 1 aromatic heterocycles. The van der Waals surface area contributed by atoms with Gasteiger partial charge in [-0.25, -0.2) is 0 Å². The second kappa shape index (κ2) is 8.08. The van der Waals surface area contributed by atoms with E-state index in [1.807, 2.05) is 19.0 Å². The molecular weight excluding hydrogens is 370 g/mol. The van der Waals surface area contributed by atoms with Crippen molar-refractivity contribution >= 4 is 29.2 Å². The summed E-state index contributed by atoms with van der Waals surface area (Å²) in [5.41, 5.74) is 1.65. The number of ether oxygens (including phenoxy) is 1. The number of amides is 2. The second-order valence-electron chi connectivity index (χ2n) is 6.74. The SMILES string of the molecule is CN(C)Cc1cc(NC(=O)C2OCC(=O)N(C)C2c2ccc(Cl)cc2)n[nH]1. The fourth-order valence-corrected chi connectivity index (χ4v) is 3.16. The van der Waals surface area contributed by atoms with Crippen molar-refractivity contribution in [2.45, 2.75) is 18.7 Å². The van der Waals surface area contributed by atoms with Gasteiger partial charge in [0.25, 0.3) is 5.91 Å². The van der Waals surface area contributed by atoms with E-state index in [0.717, 1.165) is 11.3 Å². The lowest BCUT2D eigenvalue weighted by atomic mass is 9.97. The average Bonchev–Trinajstić information content (AvgIpc) is 3.04. The standard InChI is InChI=1S/C18H22ClN5O3/c1-23(2)9-13-8-14(22-21-13)20-18(26)17-16(24(3)15(25)10-27-17)11-4-6-12(19)7-5-11/h4-8,16-17H,9-10H2,1-3H3,(H2,20,21,22,26). The van der Waals surface area contributed by atoms with Gasteiger partial charge in [0.15, 0.2) is 11.9 Å². The number of benzene rings is 1. The maximum atomic E-state index is 12.8. The molecule has 1 aliphatic heterocycles. The Morgan fingerprint density at radius 2 is 2.11 bits per heavy atom. The summed E-state index contributed by atoms with van der Waals surface area (Å²) in [7, 11) is 5.55. The largest absolute Gasteiger partial charge is 0.356 e. The Balaban J connectivity index is 1.79. The van der Waals surface area contributed by atoms with E-state index in [4.69, 9.17) is 16.3 Å². The maximum Gasteiger partial charge on any atom is 0.257 e. The zero-order valence-electron chi connectivity index (χ0n) is 15.4. The number of halogens is 1. The van der Waals surface area contributed by atoms with E-state index in [2.05, 4.69) is 15.5 Å². The Hall–Kier alpha value is -2.42. The fourth-order valence-electron chi connectivity index (χ4n) is 3.03. The minimum absolute atomic E-state index is 0.148. The van der Waals surface area contributed by atoms with E-state index in [-0.39, 0.29) is 18.4 Å². The van der Waals surface area contributed by atoms with Gasteiger partial charge in [0.2, 0.25) is 5.91 Å². The number of nitrogens with zero attached hydrogens (tertiary/aromatic N) is 3. The topological polar surface area (TPSA) is 90.6 Å². The number of hydrogen-bond donors (Lipinski definition) is 2. The lowest BCUT2D eigenvalue weighted by Gasteiger charge is -2.38. The number of carbonyl (C=O) groups is 2. The third-order valence-electron chi connectivity index (χ3n) is 4.32. The molecule has 9 heteroatoms. The van der Waals surface area contributed by atoms with Gasteiger partial charge in [-0.2, -0.15) is 5.10 Å². The van der Waals surface area contributed by atoms with Crippen molar-refractivity contribution in [1.29, 1.82) is 0 Å². The quantitative estimate of drug-likeness (QED) is 0.809. The first kappa shape index (κ1) is 19.3. The molecule has 3 rings (SSSR count). The molecule has 1 saturated heterocycles. The van der Waals surface area contributed by atoms with Gasteiger partial charge in [-0.3, -0.25) is 14.7 Å². The van der Waals surface area contributed by atoms with Crippen molar-refractivity contribution in [3.8, 4) is 0 Å². The molecule has 0 bridgehead atoms. The Labute approximate surface area is 162 Å². The number of H-pyrrole nitrogens is 1. The predicted molar refractivity (Wildman–Crippen MR) is 101 cm³/mol.